The maximum absolute atomic E-state index is 4.15. The van der Waals surface area contributed by atoms with Crippen molar-refractivity contribution in [3.05, 3.63) is 22.6 Å². The maximum atomic E-state index is 4.15. The molecule has 2 heterocycles. The van der Waals surface area contributed by atoms with E-state index in [9.17, 15) is 0 Å². The molecular weight excluding hydrogens is 132 g/mol. The minimum atomic E-state index is 0.231. The highest BCUT2D eigenvalue weighted by atomic mass is 32.2. The van der Waals surface area contributed by atoms with Gasteiger partial charge in [-0.05, 0) is 5.41 Å². The van der Waals surface area contributed by atoms with Crippen LogP contribution in [0.25, 0.3) is 0 Å². The van der Waals surface area contributed by atoms with Crippen LogP contribution in [0.15, 0.2) is 27.6 Å². The fourth-order valence-electron chi connectivity index (χ4n) is 0.904. The van der Waals surface area contributed by atoms with E-state index in [2.05, 4.69) is 22.3 Å². The molecule has 0 aliphatic carbocycles. The van der Waals surface area contributed by atoms with E-state index in [-0.39, 0.29) is 6.04 Å². The molecule has 2 nitrogen and oxygen atoms in total. The Balaban J connectivity index is 2.36. The van der Waals surface area contributed by atoms with Gasteiger partial charge in [-0.25, -0.2) is 0 Å². The summed E-state index contributed by atoms with van der Waals surface area (Å²) in [7, 11) is 0. The molecule has 2 rings (SSSR count). The lowest BCUT2D eigenvalue weighted by Gasteiger charge is -1.99. The summed E-state index contributed by atoms with van der Waals surface area (Å²) in [5.41, 5.74) is 1.17. The van der Waals surface area contributed by atoms with Crippen LogP contribution in [0, 0.1) is 0 Å². The van der Waals surface area contributed by atoms with Crippen LogP contribution in [-0.2, 0) is 0 Å². The van der Waals surface area contributed by atoms with Crippen molar-refractivity contribution >= 4 is 18.1 Å². The van der Waals surface area contributed by atoms with Crippen molar-refractivity contribution < 1.29 is 0 Å². The molecule has 46 valence electrons. The molecule has 9 heavy (non-hydrogen) atoms. The lowest BCUT2D eigenvalue weighted by Crippen LogP contribution is -2.08. The number of nitrogens with one attached hydrogen (secondary N) is 1. The van der Waals surface area contributed by atoms with Gasteiger partial charge in [-0.3, -0.25) is 4.99 Å². The van der Waals surface area contributed by atoms with Crippen molar-refractivity contribution in [2.45, 2.75) is 6.04 Å². The van der Waals surface area contributed by atoms with E-state index in [4.69, 9.17) is 0 Å². The Morgan fingerprint density at radius 2 is 2.67 bits per heavy atom. The van der Waals surface area contributed by atoms with Crippen molar-refractivity contribution in [2.75, 3.05) is 0 Å². The molecule has 3 heteroatoms. The smallest absolute Gasteiger partial charge is 0.122 e. The third-order valence-electron chi connectivity index (χ3n) is 1.39. The van der Waals surface area contributed by atoms with Gasteiger partial charge in [-0.2, -0.15) is 0 Å². The zero-order valence-electron chi connectivity index (χ0n) is 4.79. The Hall–Kier alpha value is -0.700. The van der Waals surface area contributed by atoms with Crippen molar-refractivity contribution in [1.29, 1.82) is 0 Å². The first-order chi connectivity index (χ1) is 4.38. The van der Waals surface area contributed by atoms with Gasteiger partial charge >= 0.3 is 0 Å². The highest BCUT2D eigenvalue weighted by molar-refractivity contribution is 8.06. The SMILES string of the molecule is C=C1SC=C2NC=NC12. The van der Waals surface area contributed by atoms with Crippen LogP contribution >= 0.6 is 11.8 Å². The fourth-order valence-corrected chi connectivity index (χ4v) is 1.70. The average molecular weight is 138 g/mol. The van der Waals surface area contributed by atoms with Gasteiger partial charge < -0.3 is 5.32 Å². The molecule has 0 amide bonds. The minimum absolute atomic E-state index is 0.231. The molecule has 0 aromatic rings. The Bertz CT molecular complexity index is 217. The Morgan fingerprint density at radius 1 is 1.78 bits per heavy atom. The number of rotatable bonds is 0. The molecule has 0 fully saturated rings. The van der Waals surface area contributed by atoms with Crippen molar-refractivity contribution in [2.24, 2.45) is 4.99 Å². The van der Waals surface area contributed by atoms with Gasteiger partial charge in [0.05, 0.1) is 12.0 Å². The van der Waals surface area contributed by atoms with Crippen molar-refractivity contribution in [1.82, 2.24) is 5.32 Å². The van der Waals surface area contributed by atoms with E-state index in [1.165, 1.54) is 5.70 Å². The van der Waals surface area contributed by atoms with Crippen molar-refractivity contribution in [3.8, 4) is 0 Å². The minimum Gasteiger partial charge on any atom is -0.348 e. The van der Waals surface area contributed by atoms with E-state index in [1.54, 1.807) is 18.1 Å². The van der Waals surface area contributed by atoms with Crippen LogP contribution in [0.5, 0.6) is 0 Å². The lowest BCUT2D eigenvalue weighted by atomic mass is 10.2. The average Bonchev–Trinajstić information content (AvgIpc) is 2.35. The van der Waals surface area contributed by atoms with Gasteiger partial charge in [0.25, 0.3) is 0 Å². The van der Waals surface area contributed by atoms with Gasteiger partial charge in [-0.15, -0.1) is 0 Å². The van der Waals surface area contributed by atoms with Crippen molar-refractivity contribution in [3.63, 3.8) is 0 Å². The van der Waals surface area contributed by atoms with E-state index in [0.29, 0.717) is 0 Å². The van der Waals surface area contributed by atoms with E-state index in [0.717, 1.165) is 4.91 Å². The monoisotopic (exact) mass is 138 g/mol. The van der Waals surface area contributed by atoms with Gasteiger partial charge in [0.2, 0.25) is 0 Å². The summed E-state index contributed by atoms with van der Waals surface area (Å²) in [5, 5.41) is 5.09. The maximum Gasteiger partial charge on any atom is 0.122 e. The first-order valence-corrected chi connectivity index (χ1v) is 3.59. The molecule has 0 saturated carbocycles. The number of nitrogens with zero attached hydrogens (tertiary/aromatic N) is 1. The van der Waals surface area contributed by atoms with Crippen LogP contribution in [0.3, 0.4) is 0 Å². The predicted octanol–water partition coefficient (Wildman–Crippen LogP) is 1.09. The number of thioether (sulfide) groups is 1. The van der Waals surface area contributed by atoms with Crippen LogP contribution in [0.2, 0.25) is 0 Å². The number of fused-ring (bicyclic) bond motifs is 1. The standard InChI is InChI=1S/C6H6N2S/c1-4-6-5(2-9-4)7-3-8-6/h2-3,6H,1H2,(H,7,8). The zero-order chi connectivity index (χ0) is 6.27. The first-order valence-electron chi connectivity index (χ1n) is 2.71. The topological polar surface area (TPSA) is 24.4 Å². The molecule has 1 atom stereocenters. The lowest BCUT2D eigenvalue weighted by molar-refractivity contribution is 0.962. The van der Waals surface area contributed by atoms with E-state index in [1.807, 2.05) is 0 Å². The summed E-state index contributed by atoms with van der Waals surface area (Å²) in [6.07, 6.45) is 1.72. The molecule has 0 radical (unpaired) electrons. The number of hydrogen-bond donors (Lipinski definition) is 1. The highest BCUT2D eigenvalue weighted by Crippen LogP contribution is 2.34. The summed E-state index contributed by atoms with van der Waals surface area (Å²) in [6.45, 7) is 3.85. The van der Waals surface area contributed by atoms with Gasteiger partial charge in [0, 0.05) is 4.91 Å². The Morgan fingerprint density at radius 3 is 3.44 bits per heavy atom. The second kappa shape index (κ2) is 1.64. The molecule has 2 aliphatic heterocycles. The van der Waals surface area contributed by atoms with Gasteiger partial charge in [0.1, 0.15) is 6.04 Å². The summed E-state index contributed by atoms with van der Waals surface area (Å²) in [4.78, 5) is 5.27. The van der Waals surface area contributed by atoms with E-state index < -0.39 is 0 Å². The van der Waals surface area contributed by atoms with Crippen LogP contribution in [0.4, 0.5) is 0 Å². The number of hydrogen-bond acceptors (Lipinski definition) is 3. The summed E-state index contributed by atoms with van der Waals surface area (Å²) in [5.74, 6) is 0. The molecule has 1 unspecified atom stereocenters. The third-order valence-corrected chi connectivity index (χ3v) is 2.29. The normalized spacial score (nSPS) is 30.0. The fraction of sp³-hybridized carbons (Fsp3) is 0.167. The van der Waals surface area contributed by atoms with Crippen LogP contribution < -0.4 is 5.32 Å². The van der Waals surface area contributed by atoms with Gasteiger partial charge in [-0.1, -0.05) is 18.3 Å². The summed E-state index contributed by atoms with van der Waals surface area (Å²) >= 11 is 1.66. The highest BCUT2D eigenvalue weighted by Gasteiger charge is 2.24. The van der Waals surface area contributed by atoms with Crippen LogP contribution in [0.1, 0.15) is 0 Å². The molecule has 0 bridgehead atoms. The van der Waals surface area contributed by atoms with E-state index >= 15 is 0 Å². The van der Waals surface area contributed by atoms with Crippen LogP contribution in [-0.4, -0.2) is 12.4 Å². The third kappa shape index (κ3) is 0.612. The molecule has 2 aliphatic rings. The van der Waals surface area contributed by atoms with Gasteiger partial charge in [0.15, 0.2) is 0 Å². The summed E-state index contributed by atoms with van der Waals surface area (Å²) in [6, 6.07) is 0.231. The Kier molecular flexibility index (Phi) is 0.931. The molecule has 1 N–H and O–H groups in total. The predicted molar refractivity (Wildman–Crippen MR) is 40.2 cm³/mol. The molecule has 0 aromatic heterocycles. The molecule has 0 aromatic carbocycles. The molecule has 0 saturated heterocycles. The second-order valence-electron chi connectivity index (χ2n) is 1.98. The quantitative estimate of drug-likeness (QED) is 0.542. The first kappa shape index (κ1) is 5.11. The second-order valence-corrected chi connectivity index (χ2v) is 2.98. The molecule has 0 spiro atoms. The molecular formula is C6H6N2S. The largest absolute Gasteiger partial charge is 0.348 e. The summed E-state index contributed by atoms with van der Waals surface area (Å²) < 4.78 is 0. The zero-order valence-corrected chi connectivity index (χ0v) is 5.61. The number of aliphatic imine (C=N–C) groups is 1. The Labute approximate surface area is 57.7 Å².